The molecule has 0 radical (unpaired) electrons. The molecule has 1 saturated heterocycles. The van der Waals surface area contributed by atoms with Crippen molar-refractivity contribution in [1.82, 2.24) is 5.32 Å². The highest BCUT2D eigenvalue weighted by atomic mass is 16.7. The average Bonchev–Trinajstić information content (AvgIpc) is 2.07. The smallest absolute Gasteiger partial charge is 0.147 e. The summed E-state index contributed by atoms with van der Waals surface area (Å²) in [6, 6.07) is 0. The lowest BCUT2D eigenvalue weighted by atomic mass is 10.2. The number of ether oxygens (including phenoxy) is 2. The van der Waals surface area contributed by atoms with Crippen LogP contribution in [0, 0.1) is 0 Å². The molecule has 0 saturated carbocycles. The molecule has 0 bridgehead atoms. The maximum Gasteiger partial charge on any atom is 0.147 e. The van der Waals surface area contributed by atoms with Gasteiger partial charge in [0.1, 0.15) is 6.79 Å². The zero-order valence-electron chi connectivity index (χ0n) is 6.71. The largest absolute Gasteiger partial charge is 0.355 e. The lowest BCUT2D eigenvalue weighted by Crippen LogP contribution is -2.36. The maximum atomic E-state index is 5.32. The first kappa shape index (κ1) is 8.93. The Labute approximate surface area is 67.0 Å². The molecule has 0 amide bonds. The highest BCUT2D eigenvalue weighted by Gasteiger charge is 2.12. The zero-order chi connectivity index (χ0) is 7.94. The van der Waals surface area contributed by atoms with Gasteiger partial charge >= 0.3 is 0 Å². The number of nitrogens with two attached hydrogens (primary N) is 1. The summed E-state index contributed by atoms with van der Waals surface area (Å²) >= 11 is 0. The van der Waals surface area contributed by atoms with Crippen molar-refractivity contribution >= 4 is 0 Å². The molecule has 1 atom stereocenters. The van der Waals surface area contributed by atoms with Gasteiger partial charge in [-0.1, -0.05) is 0 Å². The minimum absolute atomic E-state index is 0.315. The molecule has 11 heavy (non-hydrogen) atoms. The van der Waals surface area contributed by atoms with Gasteiger partial charge < -0.3 is 20.5 Å². The predicted molar refractivity (Wildman–Crippen MR) is 42.2 cm³/mol. The van der Waals surface area contributed by atoms with Crippen molar-refractivity contribution in [2.45, 2.75) is 12.5 Å². The molecule has 4 heteroatoms. The molecule has 1 unspecified atom stereocenters. The Morgan fingerprint density at radius 2 is 2.45 bits per heavy atom. The zero-order valence-corrected chi connectivity index (χ0v) is 6.71. The first-order valence-electron chi connectivity index (χ1n) is 4.03. The van der Waals surface area contributed by atoms with Crippen molar-refractivity contribution in [1.29, 1.82) is 0 Å². The third kappa shape index (κ3) is 3.67. The summed E-state index contributed by atoms with van der Waals surface area (Å²) in [5, 5.41) is 3.20. The Balaban J connectivity index is 1.96. The van der Waals surface area contributed by atoms with Gasteiger partial charge in [-0.3, -0.25) is 0 Å². The van der Waals surface area contributed by atoms with Crippen LogP contribution in [-0.2, 0) is 9.47 Å². The summed E-state index contributed by atoms with van der Waals surface area (Å²) in [6.07, 6.45) is 1.30. The molecule has 3 N–H and O–H groups in total. The lowest BCUT2D eigenvalue weighted by Gasteiger charge is -2.22. The molecular weight excluding hydrogens is 144 g/mol. The molecule has 66 valence electrons. The van der Waals surface area contributed by atoms with Gasteiger partial charge in [-0.05, 0) is 6.42 Å². The van der Waals surface area contributed by atoms with Crippen LogP contribution in [-0.4, -0.2) is 39.1 Å². The fourth-order valence-corrected chi connectivity index (χ4v) is 1.03. The Hall–Kier alpha value is -0.160. The van der Waals surface area contributed by atoms with Gasteiger partial charge in [0.15, 0.2) is 0 Å². The molecular formula is C7H16N2O2. The summed E-state index contributed by atoms with van der Waals surface area (Å²) in [5.74, 6) is 0. The van der Waals surface area contributed by atoms with Crippen molar-refractivity contribution in [3.05, 3.63) is 0 Å². The third-order valence-corrected chi connectivity index (χ3v) is 1.66. The van der Waals surface area contributed by atoms with E-state index in [1.54, 1.807) is 0 Å². The molecule has 0 aromatic rings. The molecule has 1 fully saturated rings. The first-order chi connectivity index (χ1) is 5.43. The van der Waals surface area contributed by atoms with Crippen LogP contribution in [0.3, 0.4) is 0 Å². The number of rotatable bonds is 4. The Kier molecular flexibility index (Phi) is 4.45. The lowest BCUT2D eigenvalue weighted by molar-refractivity contribution is -0.137. The normalized spacial score (nSPS) is 25.4. The van der Waals surface area contributed by atoms with Crippen molar-refractivity contribution in [3.8, 4) is 0 Å². The molecule has 0 aromatic carbocycles. The molecule has 0 aromatic heterocycles. The van der Waals surface area contributed by atoms with Crippen LogP contribution in [0.1, 0.15) is 6.42 Å². The Bertz CT molecular complexity index is 94.4. The summed E-state index contributed by atoms with van der Waals surface area (Å²) in [5.41, 5.74) is 5.32. The van der Waals surface area contributed by atoms with Crippen molar-refractivity contribution in [2.24, 2.45) is 5.73 Å². The van der Waals surface area contributed by atoms with E-state index in [1.807, 2.05) is 0 Å². The fraction of sp³-hybridized carbons (Fsp3) is 1.00. The van der Waals surface area contributed by atoms with Gasteiger partial charge in [0, 0.05) is 19.6 Å². The second kappa shape index (κ2) is 5.49. The summed E-state index contributed by atoms with van der Waals surface area (Å²) in [7, 11) is 0. The second-order valence-electron chi connectivity index (χ2n) is 2.60. The number of hydrogen-bond acceptors (Lipinski definition) is 4. The van der Waals surface area contributed by atoms with Gasteiger partial charge in [-0.15, -0.1) is 0 Å². The van der Waals surface area contributed by atoms with Gasteiger partial charge in [0.25, 0.3) is 0 Å². The fourth-order valence-electron chi connectivity index (χ4n) is 1.03. The summed E-state index contributed by atoms with van der Waals surface area (Å²) < 4.78 is 10.3. The van der Waals surface area contributed by atoms with Crippen molar-refractivity contribution < 1.29 is 9.47 Å². The van der Waals surface area contributed by atoms with Gasteiger partial charge in [0.2, 0.25) is 0 Å². The van der Waals surface area contributed by atoms with Gasteiger partial charge in [0.05, 0.1) is 12.7 Å². The Morgan fingerprint density at radius 3 is 3.09 bits per heavy atom. The minimum Gasteiger partial charge on any atom is -0.355 e. The number of hydrogen-bond donors (Lipinski definition) is 2. The van der Waals surface area contributed by atoms with E-state index >= 15 is 0 Å². The van der Waals surface area contributed by atoms with E-state index in [2.05, 4.69) is 5.32 Å². The van der Waals surface area contributed by atoms with Crippen LogP contribution in [0.2, 0.25) is 0 Å². The van der Waals surface area contributed by atoms with E-state index < -0.39 is 0 Å². The maximum absolute atomic E-state index is 5.32. The van der Waals surface area contributed by atoms with Crippen LogP contribution in [0.15, 0.2) is 0 Å². The number of nitrogens with one attached hydrogen (secondary N) is 1. The molecule has 0 aliphatic carbocycles. The SMILES string of the molecule is NCCNCC1CCOCO1. The average molecular weight is 160 g/mol. The monoisotopic (exact) mass is 160 g/mol. The molecule has 4 nitrogen and oxygen atoms in total. The summed E-state index contributed by atoms with van der Waals surface area (Å²) in [6.45, 7) is 3.69. The van der Waals surface area contributed by atoms with Crippen LogP contribution >= 0.6 is 0 Å². The molecule has 0 spiro atoms. The van der Waals surface area contributed by atoms with E-state index in [-0.39, 0.29) is 0 Å². The molecule has 1 aliphatic rings. The molecule has 1 heterocycles. The Morgan fingerprint density at radius 1 is 1.55 bits per heavy atom. The third-order valence-electron chi connectivity index (χ3n) is 1.66. The second-order valence-corrected chi connectivity index (χ2v) is 2.60. The van der Waals surface area contributed by atoms with Crippen LogP contribution in [0.25, 0.3) is 0 Å². The highest BCUT2D eigenvalue weighted by Crippen LogP contribution is 2.03. The van der Waals surface area contributed by atoms with E-state index in [0.29, 0.717) is 19.4 Å². The van der Waals surface area contributed by atoms with Gasteiger partial charge in [-0.2, -0.15) is 0 Å². The topological polar surface area (TPSA) is 56.5 Å². The minimum atomic E-state index is 0.315. The standard InChI is InChI=1S/C7H16N2O2/c8-2-3-9-5-7-1-4-10-6-11-7/h7,9H,1-6,8H2. The van der Waals surface area contributed by atoms with E-state index in [0.717, 1.165) is 26.1 Å². The van der Waals surface area contributed by atoms with Gasteiger partial charge in [-0.25, -0.2) is 0 Å². The van der Waals surface area contributed by atoms with Crippen molar-refractivity contribution in [3.63, 3.8) is 0 Å². The molecule has 1 aliphatic heterocycles. The highest BCUT2D eigenvalue weighted by molar-refractivity contribution is 4.63. The van der Waals surface area contributed by atoms with E-state index in [4.69, 9.17) is 15.2 Å². The first-order valence-corrected chi connectivity index (χ1v) is 4.03. The summed E-state index contributed by atoms with van der Waals surface area (Å²) in [4.78, 5) is 0. The van der Waals surface area contributed by atoms with Crippen LogP contribution in [0.4, 0.5) is 0 Å². The van der Waals surface area contributed by atoms with E-state index in [9.17, 15) is 0 Å². The van der Waals surface area contributed by atoms with Crippen molar-refractivity contribution in [2.75, 3.05) is 33.0 Å². The quantitative estimate of drug-likeness (QED) is 0.534. The predicted octanol–water partition coefficient (Wildman–Crippen LogP) is -0.702. The van der Waals surface area contributed by atoms with Crippen LogP contribution < -0.4 is 11.1 Å². The molecule has 1 rings (SSSR count). The van der Waals surface area contributed by atoms with E-state index in [1.165, 1.54) is 0 Å². The van der Waals surface area contributed by atoms with Crippen LogP contribution in [0.5, 0.6) is 0 Å².